The molecule has 1 aromatic heterocycles. The minimum atomic E-state index is 0. The average molecular weight is 234 g/mol. The van der Waals surface area contributed by atoms with Crippen molar-refractivity contribution in [3.8, 4) is 0 Å². The van der Waals surface area contributed by atoms with Crippen LogP contribution in [-0.4, -0.2) is 10.5 Å². The molecule has 0 bridgehead atoms. The van der Waals surface area contributed by atoms with E-state index < -0.39 is 0 Å². The Labute approximate surface area is 91.8 Å². The topological polar surface area (TPSA) is 82.4 Å². The molecule has 0 saturated heterocycles. The fourth-order valence-corrected chi connectivity index (χ4v) is 2.00. The fourth-order valence-electron chi connectivity index (χ4n) is 1.15. The minimum Gasteiger partial charge on any atom is -0.412 e. The lowest BCUT2D eigenvalue weighted by Crippen LogP contribution is -2.05. The van der Waals surface area contributed by atoms with Gasteiger partial charge < -0.3 is 5.48 Å². The lowest BCUT2D eigenvalue weighted by molar-refractivity contribution is 0.824. The predicted molar refractivity (Wildman–Crippen MR) is 63.0 cm³/mol. The highest BCUT2D eigenvalue weighted by molar-refractivity contribution is 7.22. The largest absolute Gasteiger partial charge is 0.412 e. The van der Waals surface area contributed by atoms with Gasteiger partial charge in [0, 0.05) is 0 Å². The van der Waals surface area contributed by atoms with Crippen LogP contribution in [0.5, 0.6) is 0 Å². The number of aryl methyl sites for hydroxylation is 1. The molecule has 14 heavy (non-hydrogen) atoms. The van der Waals surface area contributed by atoms with E-state index in [9.17, 15) is 0 Å². The van der Waals surface area contributed by atoms with Gasteiger partial charge in [0.2, 0.25) is 0 Å². The maximum absolute atomic E-state index is 5.26. The van der Waals surface area contributed by atoms with Crippen molar-refractivity contribution >= 4 is 39.1 Å². The number of fused-ring (bicyclic) bond motifs is 1. The lowest BCUT2D eigenvalue weighted by atomic mass is 10.2. The van der Waals surface area contributed by atoms with Crippen LogP contribution >= 0.6 is 23.7 Å². The van der Waals surface area contributed by atoms with E-state index in [-0.39, 0.29) is 17.9 Å². The van der Waals surface area contributed by atoms with E-state index in [1.165, 1.54) is 10.3 Å². The number of thiazole rings is 1. The zero-order chi connectivity index (χ0) is 8.55. The van der Waals surface area contributed by atoms with Crippen LogP contribution in [0, 0.1) is 6.92 Å². The summed E-state index contributed by atoms with van der Waals surface area (Å²) in [6.45, 7) is 2.04. The van der Waals surface area contributed by atoms with E-state index in [1.54, 1.807) is 11.3 Å². The van der Waals surface area contributed by atoms with Gasteiger partial charge in [-0.15, -0.1) is 12.4 Å². The van der Waals surface area contributed by atoms with E-state index in [0.29, 0.717) is 0 Å². The first kappa shape index (κ1) is 13.1. The highest BCUT2D eigenvalue weighted by Gasteiger charge is 2.02. The number of aromatic nitrogens is 1. The first-order valence-electron chi connectivity index (χ1n) is 3.64. The molecule has 6 heteroatoms. The zero-order valence-corrected chi connectivity index (χ0v) is 9.21. The number of nitrogens with one attached hydrogen (secondary N) is 1. The van der Waals surface area contributed by atoms with E-state index in [4.69, 9.17) is 5.84 Å². The van der Waals surface area contributed by atoms with Crippen molar-refractivity contribution in [1.82, 2.24) is 4.98 Å². The van der Waals surface area contributed by atoms with Crippen LogP contribution in [0.25, 0.3) is 10.2 Å². The van der Waals surface area contributed by atoms with Gasteiger partial charge in [-0.3, -0.25) is 5.43 Å². The van der Waals surface area contributed by atoms with Gasteiger partial charge in [0.15, 0.2) is 5.13 Å². The summed E-state index contributed by atoms with van der Waals surface area (Å²) in [7, 11) is 0. The maximum atomic E-state index is 5.26. The van der Waals surface area contributed by atoms with Crippen molar-refractivity contribution in [1.29, 1.82) is 0 Å². The van der Waals surface area contributed by atoms with Crippen LogP contribution in [0.2, 0.25) is 0 Å². The summed E-state index contributed by atoms with van der Waals surface area (Å²) >= 11 is 1.56. The van der Waals surface area contributed by atoms with Crippen LogP contribution in [0.4, 0.5) is 5.13 Å². The summed E-state index contributed by atoms with van der Waals surface area (Å²) in [5.41, 5.74) is 4.77. The van der Waals surface area contributed by atoms with Crippen molar-refractivity contribution in [2.75, 3.05) is 5.43 Å². The Morgan fingerprint density at radius 1 is 1.43 bits per heavy atom. The van der Waals surface area contributed by atoms with Gasteiger partial charge in [-0.05, 0) is 18.6 Å². The highest BCUT2D eigenvalue weighted by atomic mass is 35.5. The first-order chi connectivity index (χ1) is 5.81. The molecule has 0 amide bonds. The van der Waals surface area contributed by atoms with Crippen LogP contribution in [0.3, 0.4) is 0 Å². The molecule has 0 aliphatic carbocycles. The summed E-state index contributed by atoms with van der Waals surface area (Å²) in [5, 5.41) is 0.763. The summed E-state index contributed by atoms with van der Waals surface area (Å²) in [6, 6.07) is 6.11. The van der Waals surface area contributed by atoms with Crippen LogP contribution in [-0.2, 0) is 0 Å². The third kappa shape index (κ3) is 2.13. The van der Waals surface area contributed by atoms with Crippen molar-refractivity contribution in [2.24, 2.45) is 5.84 Å². The monoisotopic (exact) mass is 233 g/mol. The molecule has 4 nitrogen and oxygen atoms in total. The van der Waals surface area contributed by atoms with Gasteiger partial charge in [0.05, 0.1) is 10.2 Å². The molecule has 5 N–H and O–H groups in total. The molecule has 0 atom stereocenters. The maximum Gasteiger partial charge on any atom is 0.198 e. The third-order valence-electron chi connectivity index (χ3n) is 1.74. The molecule has 0 unspecified atom stereocenters. The second-order valence-electron chi connectivity index (χ2n) is 2.59. The zero-order valence-electron chi connectivity index (χ0n) is 7.57. The molecule has 0 aliphatic heterocycles. The number of nitrogens with zero attached hydrogens (tertiary/aromatic N) is 1. The molecule has 2 aromatic rings. The Hall–Kier alpha value is -0.880. The molecule has 0 radical (unpaired) electrons. The number of hydrogen-bond donors (Lipinski definition) is 2. The SMILES string of the molecule is Cc1cccc2sc(NN)nc12.Cl.O. The lowest BCUT2D eigenvalue weighted by Gasteiger charge is -1.90. The van der Waals surface area contributed by atoms with Crippen molar-refractivity contribution < 1.29 is 5.48 Å². The van der Waals surface area contributed by atoms with E-state index >= 15 is 0 Å². The van der Waals surface area contributed by atoms with E-state index in [2.05, 4.69) is 10.4 Å². The van der Waals surface area contributed by atoms with Crippen molar-refractivity contribution in [3.63, 3.8) is 0 Å². The second kappa shape index (κ2) is 5.11. The number of anilines is 1. The van der Waals surface area contributed by atoms with Gasteiger partial charge in [-0.2, -0.15) is 0 Å². The average Bonchev–Trinajstić information content (AvgIpc) is 2.49. The molecule has 78 valence electrons. The van der Waals surface area contributed by atoms with E-state index in [1.807, 2.05) is 25.1 Å². The summed E-state index contributed by atoms with van der Waals surface area (Å²) in [6.07, 6.45) is 0. The van der Waals surface area contributed by atoms with Crippen LogP contribution in [0.15, 0.2) is 18.2 Å². The number of hydrogen-bond acceptors (Lipinski definition) is 4. The predicted octanol–water partition coefficient (Wildman–Crippen LogP) is 1.49. The number of para-hydroxylation sites is 1. The first-order valence-corrected chi connectivity index (χ1v) is 4.45. The Morgan fingerprint density at radius 2 is 2.14 bits per heavy atom. The Morgan fingerprint density at radius 3 is 2.71 bits per heavy atom. The quantitative estimate of drug-likeness (QED) is 0.578. The molecule has 0 saturated carbocycles. The Balaban J connectivity index is 0.000000845. The van der Waals surface area contributed by atoms with Crippen molar-refractivity contribution in [3.05, 3.63) is 23.8 Å². The number of nitrogen functional groups attached to an aromatic ring is 1. The Bertz CT molecular complexity index is 418. The normalized spacial score (nSPS) is 9.00. The fraction of sp³-hybridized carbons (Fsp3) is 0.125. The van der Waals surface area contributed by atoms with Gasteiger partial charge in [-0.25, -0.2) is 10.8 Å². The molecule has 1 aromatic carbocycles. The molecule has 0 aliphatic rings. The molecule has 0 fully saturated rings. The minimum absolute atomic E-state index is 0. The second-order valence-corrected chi connectivity index (χ2v) is 3.62. The molecular weight excluding hydrogens is 222 g/mol. The standard InChI is InChI=1S/C8H9N3S.ClH.H2O/c1-5-3-2-4-6-7(5)10-8(11-9)12-6;;/h2-4H,9H2,1H3,(H,10,11);1H;1H2. The van der Waals surface area contributed by atoms with Crippen molar-refractivity contribution in [2.45, 2.75) is 6.92 Å². The number of nitrogens with two attached hydrogens (primary N) is 1. The smallest absolute Gasteiger partial charge is 0.198 e. The summed E-state index contributed by atoms with van der Waals surface area (Å²) in [4.78, 5) is 4.31. The summed E-state index contributed by atoms with van der Waals surface area (Å²) < 4.78 is 1.17. The van der Waals surface area contributed by atoms with Gasteiger partial charge in [0.1, 0.15) is 0 Å². The molecule has 1 heterocycles. The van der Waals surface area contributed by atoms with Gasteiger partial charge in [-0.1, -0.05) is 23.5 Å². The molecule has 0 spiro atoms. The number of rotatable bonds is 1. The molecule has 2 rings (SSSR count). The van der Waals surface area contributed by atoms with Crippen LogP contribution < -0.4 is 11.3 Å². The van der Waals surface area contributed by atoms with Crippen LogP contribution in [0.1, 0.15) is 5.56 Å². The number of halogens is 1. The van der Waals surface area contributed by atoms with E-state index in [0.717, 1.165) is 10.6 Å². The third-order valence-corrected chi connectivity index (χ3v) is 2.70. The summed E-state index contributed by atoms with van der Waals surface area (Å²) in [5.74, 6) is 5.26. The van der Waals surface area contributed by atoms with Gasteiger partial charge >= 0.3 is 0 Å². The molecular formula is C8H12ClN3OS. The highest BCUT2D eigenvalue weighted by Crippen LogP contribution is 2.26. The number of benzene rings is 1. The van der Waals surface area contributed by atoms with Gasteiger partial charge in [0.25, 0.3) is 0 Å². The number of hydrazine groups is 1. The Kier molecular flexibility index (Phi) is 4.79.